The molecule has 0 aliphatic heterocycles. The van der Waals surface area contributed by atoms with Crippen molar-refractivity contribution >= 4 is 11.8 Å². The molecule has 0 aliphatic rings. The predicted octanol–water partition coefficient (Wildman–Crippen LogP) is 3.81. The Morgan fingerprint density at radius 1 is 1.00 bits per heavy atom. The SMILES string of the molecule is CCSCC(C)(C)C(C)(C)C. The highest BCUT2D eigenvalue weighted by Crippen LogP contribution is 2.40. The fraction of sp³-hybridized carbons (Fsp3) is 1.00. The number of thioether (sulfide) groups is 1. The van der Waals surface area contributed by atoms with Crippen molar-refractivity contribution in [3.63, 3.8) is 0 Å². The Labute approximate surface area is 76.1 Å². The average molecular weight is 174 g/mol. The standard InChI is InChI=1S/C10H22S/c1-7-11-8-10(5,6)9(2,3)4/h7-8H2,1-6H3. The molecule has 0 rings (SSSR count). The van der Waals surface area contributed by atoms with Crippen LogP contribution in [0.1, 0.15) is 41.5 Å². The monoisotopic (exact) mass is 174 g/mol. The molecule has 0 aromatic rings. The van der Waals surface area contributed by atoms with E-state index in [0.29, 0.717) is 10.8 Å². The van der Waals surface area contributed by atoms with Crippen LogP contribution in [-0.4, -0.2) is 11.5 Å². The van der Waals surface area contributed by atoms with Crippen molar-refractivity contribution in [2.75, 3.05) is 11.5 Å². The molecule has 0 atom stereocenters. The molecular weight excluding hydrogens is 152 g/mol. The summed E-state index contributed by atoms with van der Waals surface area (Å²) < 4.78 is 0. The van der Waals surface area contributed by atoms with E-state index in [-0.39, 0.29) is 0 Å². The summed E-state index contributed by atoms with van der Waals surface area (Å²) in [5, 5.41) is 0. The molecule has 0 nitrogen and oxygen atoms in total. The van der Waals surface area contributed by atoms with Gasteiger partial charge in [0.15, 0.2) is 0 Å². The van der Waals surface area contributed by atoms with Crippen molar-refractivity contribution in [1.82, 2.24) is 0 Å². The molecule has 0 spiro atoms. The van der Waals surface area contributed by atoms with Crippen LogP contribution in [0.3, 0.4) is 0 Å². The molecule has 0 aromatic heterocycles. The van der Waals surface area contributed by atoms with Gasteiger partial charge < -0.3 is 0 Å². The number of hydrogen-bond donors (Lipinski definition) is 0. The lowest BCUT2D eigenvalue weighted by molar-refractivity contribution is 0.163. The highest BCUT2D eigenvalue weighted by molar-refractivity contribution is 7.99. The third-order valence-corrected chi connectivity index (χ3v) is 4.03. The molecule has 0 saturated carbocycles. The van der Waals surface area contributed by atoms with E-state index < -0.39 is 0 Å². The van der Waals surface area contributed by atoms with Gasteiger partial charge in [-0.1, -0.05) is 41.5 Å². The minimum Gasteiger partial charge on any atom is -0.162 e. The molecule has 0 N–H and O–H groups in total. The molecule has 0 bridgehead atoms. The fourth-order valence-corrected chi connectivity index (χ4v) is 1.72. The maximum Gasteiger partial charge on any atom is -0.00112 e. The van der Waals surface area contributed by atoms with Crippen LogP contribution in [0, 0.1) is 10.8 Å². The van der Waals surface area contributed by atoms with Crippen LogP contribution in [0.2, 0.25) is 0 Å². The Bertz CT molecular complexity index is 109. The van der Waals surface area contributed by atoms with E-state index >= 15 is 0 Å². The molecule has 1 heteroatoms. The van der Waals surface area contributed by atoms with Gasteiger partial charge >= 0.3 is 0 Å². The van der Waals surface area contributed by atoms with Crippen LogP contribution in [0.5, 0.6) is 0 Å². The second-order valence-corrected chi connectivity index (χ2v) is 6.05. The third-order valence-electron chi connectivity index (χ3n) is 2.70. The van der Waals surface area contributed by atoms with E-state index in [1.54, 1.807) is 0 Å². The lowest BCUT2D eigenvalue weighted by Gasteiger charge is -2.38. The molecule has 0 aliphatic carbocycles. The summed E-state index contributed by atoms with van der Waals surface area (Å²) in [5.74, 6) is 2.51. The minimum absolute atomic E-state index is 0.426. The lowest BCUT2D eigenvalue weighted by Crippen LogP contribution is -2.31. The summed E-state index contributed by atoms with van der Waals surface area (Å²) in [7, 11) is 0. The lowest BCUT2D eigenvalue weighted by atomic mass is 9.71. The molecule has 0 heterocycles. The van der Waals surface area contributed by atoms with Crippen LogP contribution in [0.25, 0.3) is 0 Å². The van der Waals surface area contributed by atoms with Crippen molar-refractivity contribution in [3.05, 3.63) is 0 Å². The van der Waals surface area contributed by atoms with Crippen molar-refractivity contribution in [3.8, 4) is 0 Å². The molecule has 11 heavy (non-hydrogen) atoms. The first-order valence-corrected chi connectivity index (χ1v) is 5.54. The van der Waals surface area contributed by atoms with Gasteiger partial charge in [0.05, 0.1) is 0 Å². The van der Waals surface area contributed by atoms with E-state index in [4.69, 9.17) is 0 Å². The largest absolute Gasteiger partial charge is 0.162 e. The van der Waals surface area contributed by atoms with Gasteiger partial charge in [0.1, 0.15) is 0 Å². The quantitative estimate of drug-likeness (QED) is 0.627. The molecule has 0 amide bonds. The predicted molar refractivity (Wildman–Crippen MR) is 56.2 cm³/mol. The Morgan fingerprint density at radius 2 is 1.45 bits per heavy atom. The first kappa shape index (κ1) is 11.4. The number of hydrogen-bond acceptors (Lipinski definition) is 1. The molecule has 0 radical (unpaired) electrons. The summed E-state index contributed by atoms with van der Waals surface area (Å²) in [6, 6.07) is 0. The van der Waals surface area contributed by atoms with Crippen LogP contribution in [-0.2, 0) is 0 Å². The van der Waals surface area contributed by atoms with Gasteiger partial charge in [0.25, 0.3) is 0 Å². The summed E-state index contributed by atoms with van der Waals surface area (Å²) in [4.78, 5) is 0. The first-order chi connectivity index (χ1) is 4.81. The normalized spacial score (nSPS) is 13.6. The minimum atomic E-state index is 0.426. The van der Waals surface area contributed by atoms with Gasteiger partial charge in [0, 0.05) is 0 Å². The molecular formula is C10H22S. The van der Waals surface area contributed by atoms with Crippen molar-refractivity contribution in [2.24, 2.45) is 10.8 Å². The molecule has 0 aromatic carbocycles. The van der Waals surface area contributed by atoms with Crippen molar-refractivity contribution < 1.29 is 0 Å². The summed E-state index contributed by atoms with van der Waals surface area (Å²) >= 11 is 2.04. The van der Waals surface area contributed by atoms with Gasteiger partial charge in [-0.2, -0.15) is 11.8 Å². The van der Waals surface area contributed by atoms with Gasteiger partial charge in [-0.05, 0) is 22.3 Å². The second-order valence-electron chi connectivity index (χ2n) is 4.77. The summed E-state index contributed by atoms with van der Waals surface area (Å²) in [6.45, 7) is 13.9. The Morgan fingerprint density at radius 3 is 1.73 bits per heavy atom. The molecule has 68 valence electrons. The van der Waals surface area contributed by atoms with Gasteiger partial charge in [-0.25, -0.2) is 0 Å². The average Bonchev–Trinajstić information content (AvgIpc) is 1.81. The zero-order valence-corrected chi connectivity index (χ0v) is 9.64. The van der Waals surface area contributed by atoms with E-state index in [0.717, 1.165) is 0 Å². The van der Waals surface area contributed by atoms with Gasteiger partial charge in [-0.15, -0.1) is 0 Å². The van der Waals surface area contributed by atoms with E-state index in [2.05, 4.69) is 41.5 Å². The Hall–Kier alpha value is 0.350. The van der Waals surface area contributed by atoms with Crippen LogP contribution in [0.15, 0.2) is 0 Å². The molecule has 0 saturated heterocycles. The van der Waals surface area contributed by atoms with Crippen LogP contribution < -0.4 is 0 Å². The van der Waals surface area contributed by atoms with Crippen LogP contribution in [0.4, 0.5) is 0 Å². The smallest absolute Gasteiger partial charge is 0.00112 e. The van der Waals surface area contributed by atoms with Crippen LogP contribution >= 0.6 is 11.8 Å². The van der Waals surface area contributed by atoms with Gasteiger partial charge in [-0.3, -0.25) is 0 Å². The fourth-order valence-electron chi connectivity index (χ4n) is 0.574. The maximum atomic E-state index is 2.36. The topological polar surface area (TPSA) is 0 Å². The highest BCUT2D eigenvalue weighted by atomic mass is 32.2. The zero-order chi connectivity index (χ0) is 9.12. The van der Waals surface area contributed by atoms with E-state index in [1.807, 2.05) is 11.8 Å². The maximum absolute atomic E-state index is 2.36. The van der Waals surface area contributed by atoms with Crippen molar-refractivity contribution in [1.29, 1.82) is 0 Å². The second kappa shape index (κ2) is 3.84. The summed E-state index contributed by atoms with van der Waals surface area (Å²) in [5.41, 5.74) is 0.878. The molecule has 0 fully saturated rings. The van der Waals surface area contributed by atoms with E-state index in [1.165, 1.54) is 11.5 Å². The third kappa shape index (κ3) is 3.50. The zero-order valence-electron chi connectivity index (χ0n) is 8.82. The highest BCUT2D eigenvalue weighted by Gasteiger charge is 2.31. The van der Waals surface area contributed by atoms with Gasteiger partial charge in [0.2, 0.25) is 0 Å². The first-order valence-electron chi connectivity index (χ1n) is 4.39. The molecule has 0 unspecified atom stereocenters. The number of rotatable bonds is 3. The summed E-state index contributed by atoms with van der Waals surface area (Å²) in [6.07, 6.45) is 0. The van der Waals surface area contributed by atoms with E-state index in [9.17, 15) is 0 Å². The van der Waals surface area contributed by atoms with Crippen molar-refractivity contribution in [2.45, 2.75) is 41.5 Å². The Kier molecular flexibility index (Phi) is 3.96. The Balaban J connectivity index is 4.00.